The van der Waals surface area contributed by atoms with Crippen molar-refractivity contribution in [2.45, 2.75) is 172 Å². The molecule has 41 heavy (non-hydrogen) atoms. The van der Waals surface area contributed by atoms with Crippen molar-refractivity contribution < 1.29 is 0 Å². The van der Waals surface area contributed by atoms with Crippen LogP contribution in [0.1, 0.15) is 181 Å². The van der Waals surface area contributed by atoms with Crippen molar-refractivity contribution in [2.24, 2.45) is 0 Å². The minimum atomic E-state index is 0.218. The van der Waals surface area contributed by atoms with Gasteiger partial charge in [-0.3, -0.25) is 0 Å². The summed E-state index contributed by atoms with van der Waals surface area (Å²) >= 11 is 9.92. The Kier molecular flexibility index (Phi) is 21.8. The van der Waals surface area contributed by atoms with Crippen LogP contribution in [0.3, 0.4) is 0 Å². The van der Waals surface area contributed by atoms with Crippen molar-refractivity contribution in [3.05, 3.63) is 70.8 Å². The minimum absolute atomic E-state index is 0.218. The van der Waals surface area contributed by atoms with Crippen LogP contribution < -0.4 is 0 Å². The van der Waals surface area contributed by atoms with Crippen molar-refractivity contribution in [2.75, 3.05) is 0 Å². The molecular formula is C39H64S2. The molecule has 0 spiro atoms. The van der Waals surface area contributed by atoms with Gasteiger partial charge >= 0.3 is 0 Å². The van der Waals surface area contributed by atoms with E-state index in [0.29, 0.717) is 0 Å². The topological polar surface area (TPSA) is 0 Å². The molecule has 2 rings (SSSR count). The average molecular weight is 597 g/mol. The van der Waals surface area contributed by atoms with Gasteiger partial charge in [-0.15, -0.1) is 0 Å². The van der Waals surface area contributed by atoms with Crippen molar-refractivity contribution in [1.29, 1.82) is 0 Å². The van der Waals surface area contributed by atoms with Gasteiger partial charge in [0.15, 0.2) is 0 Å². The second kappa shape index (κ2) is 24.6. The van der Waals surface area contributed by atoms with Crippen LogP contribution >= 0.6 is 25.3 Å². The fourth-order valence-corrected chi connectivity index (χ4v) is 6.86. The van der Waals surface area contributed by atoms with E-state index in [9.17, 15) is 0 Å². The molecule has 0 saturated heterocycles. The summed E-state index contributed by atoms with van der Waals surface area (Å²) in [4.78, 5) is 0. The highest BCUT2D eigenvalue weighted by molar-refractivity contribution is 7.81. The number of aryl methyl sites for hydroxylation is 2. The van der Waals surface area contributed by atoms with Gasteiger partial charge in [0.25, 0.3) is 0 Å². The van der Waals surface area contributed by atoms with Crippen molar-refractivity contribution in [3.63, 3.8) is 0 Å². The molecule has 2 aromatic carbocycles. The summed E-state index contributed by atoms with van der Waals surface area (Å²) in [5.41, 5.74) is 5.57. The molecule has 0 aliphatic heterocycles. The lowest BCUT2D eigenvalue weighted by atomic mass is 9.98. The normalized spacial score (nSPS) is 13.0. The third kappa shape index (κ3) is 17.8. The average Bonchev–Trinajstić information content (AvgIpc) is 2.99. The van der Waals surface area contributed by atoms with E-state index < -0.39 is 0 Å². The molecule has 2 atom stereocenters. The van der Waals surface area contributed by atoms with Gasteiger partial charge in [0.1, 0.15) is 0 Å². The van der Waals surface area contributed by atoms with Gasteiger partial charge in [0, 0.05) is 10.5 Å². The molecule has 2 aromatic rings. The monoisotopic (exact) mass is 596 g/mol. The maximum Gasteiger partial charge on any atom is 0.0280 e. The van der Waals surface area contributed by atoms with E-state index in [0.717, 1.165) is 6.42 Å². The summed E-state index contributed by atoms with van der Waals surface area (Å²) in [6.07, 6.45) is 31.3. The van der Waals surface area contributed by atoms with E-state index in [2.05, 4.69) is 62.4 Å². The van der Waals surface area contributed by atoms with Gasteiger partial charge < -0.3 is 0 Å². The number of hydrogen-bond acceptors (Lipinski definition) is 2. The van der Waals surface area contributed by atoms with Crippen molar-refractivity contribution >= 4 is 25.3 Å². The fourth-order valence-electron chi connectivity index (χ4n) is 5.93. The predicted molar refractivity (Wildman–Crippen MR) is 192 cm³/mol. The van der Waals surface area contributed by atoms with Gasteiger partial charge in [-0.25, -0.2) is 0 Å². The Morgan fingerprint density at radius 1 is 0.390 bits per heavy atom. The molecule has 0 saturated carbocycles. The second-order valence-electron chi connectivity index (χ2n) is 12.6. The van der Waals surface area contributed by atoms with Crippen LogP contribution in [0.5, 0.6) is 0 Å². The molecule has 0 amide bonds. The number of unbranched alkanes of at least 4 members (excludes halogenated alkanes) is 18. The highest BCUT2D eigenvalue weighted by Crippen LogP contribution is 2.35. The molecule has 0 fully saturated rings. The highest BCUT2D eigenvalue weighted by Gasteiger charge is 2.14. The van der Waals surface area contributed by atoms with Gasteiger partial charge in [-0.05, 0) is 54.4 Å². The van der Waals surface area contributed by atoms with E-state index in [4.69, 9.17) is 25.3 Å². The van der Waals surface area contributed by atoms with Crippen LogP contribution in [0.4, 0.5) is 0 Å². The highest BCUT2D eigenvalue weighted by atomic mass is 32.1. The SMILES string of the molecule is CCCCCCCCCCCCc1ccc(C(S)CC(S)c2ccc(CCCCCCCCCCCC)cc2)cc1. The van der Waals surface area contributed by atoms with Crippen LogP contribution in [0.2, 0.25) is 0 Å². The molecule has 0 aliphatic rings. The molecule has 2 unspecified atom stereocenters. The molecule has 0 heterocycles. The van der Waals surface area contributed by atoms with E-state index >= 15 is 0 Å². The number of hydrogen-bond donors (Lipinski definition) is 2. The van der Waals surface area contributed by atoms with Crippen molar-refractivity contribution in [3.8, 4) is 0 Å². The first-order chi connectivity index (χ1) is 20.1. The Labute approximate surface area is 267 Å². The summed E-state index contributed by atoms with van der Waals surface area (Å²) in [5.74, 6) is 0. The Bertz CT molecular complexity index is 769. The lowest BCUT2D eigenvalue weighted by Gasteiger charge is -2.18. The standard InChI is InChI=1S/C39H64S2/c1-3-5-7-9-11-13-15-17-19-21-23-34-25-29-36(30-26-34)38(40)33-39(41)37-31-27-35(28-32-37)24-22-20-18-16-14-12-10-8-6-4-2/h25-32,38-41H,3-24,33H2,1-2H3. The van der Waals surface area contributed by atoms with Crippen LogP contribution in [0.15, 0.2) is 48.5 Å². The maximum atomic E-state index is 4.96. The van der Waals surface area contributed by atoms with Gasteiger partial charge in [-0.2, -0.15) is 25.3 Å². The lowest BCUT2D eigenvalue weighted by Crippen LogP contribution is -1.99. The molecule has 0 radical (unpaired) electrons. The quantitative estimate of drug-likeness (QED) is 0.0783. The third-order valence-corrected chi connectivity index (χ3v) is 9.83. The molecule has 2 heteroatoms. The molecule has 232 valence electrons. The first kappa shape index (κ1) is 36.3. The Morgan fingerprint density at radius 3 is 0.951 bits per heavy atom. The molecule has 0 nitrogen and oxygen atoms in total. The zero-order valence-corrected chi connectivity index (χ0v) is 28.7. The number of thiol groups is 2. The fraction of sp³-hybridized carbons (Fsp3) is 0.692. The molecule has 0 bridgehead atoms. The summed E-state index contributed by atoms with van der Waals surface area (Å²) in [6.45, 7) is 4.59. The summed E-state index contributed by atoms with van der Waals surface area (Å²) in [7, 11) is 0. The van der Waals surface area contributed by atoms with E-state index in [1.807, 2.05) is 0 Å². The molecule has 0 N–H and O–H groups in total. The second-order valence-corrected chi connectivity index (χ2v) is 13.9. The molecule has 0 aromatic heterocycles. The van der Waals surface area contributed by atoms with Crippen LogP contribution in [0, 0.1) is 0 Å². The number of rotatable bonds is 26. The van der Waals surface area contributed by atoms with Gasteiger partial charge in [0.2, 0.25) is 0 Å². The van der Waals surface area contributed by atoms with Gasteiger partial charge in [0.05, 0.1) is 0 Å². The lowest BCUT2D eigenvalue weighted by molar-refractivity contribution is 0.556. The molecular weight excluding hydrogens is 533 g/mol. The van der Waals surface area contributed by atoms with Crippen LogP contribution in [0.25, 0.3) is 0 Å². The first-order valence-corrected chi connectivity index (χ1v) is 18.7. The van der Waals surface area contributed by atoms with Gasteiger partial charge in [-0.1, -0.05) is 178 Å². The first-order valence-electron chi connectivity index (χ1n) is 17.7. The molecule has 0 aliphatic carbocycles. The Morgan fingerprint density at radius 2 is 0.659 bits per heavy atom. The van der Waals surface area contributed by atoms with Crippen LogP contribution in [-0.2, 0) is 12.8 Å². The zero-order valence-electron chi connectivity index (χ0n) is 26.9. The van der Waals surface area contributed by atoms with E-state index in [-0.39, 0.29) is 10.5 Å². The summed E-state index contributed by atoms with van der Waals surface area (Å²) < 4.78 is 0. The zero-order chi connectivity index (χ0) is 29.4. The Balaban J connectivity index is 1.57. The maximum absolute atomic E-state index is 4.96. The summed E-state index contributed by atoms with van der Waals surface area (Å²) in [5, 5.41) is 0.436. The van der Waals surface area contributed by atoms with E-state index in [1.54, 1.807) is 0 Å². The Hall–Kier alpha value is -0.860. The largest absolute Gasteiger partial charge is 0.171 e. The smallest absolute Gasteiger partial charge is 0.0280 e. The third-order valence-electron chi connectivity index (χ3n) is 8.81. The van der Waals surface area contributed by atoms with Crippen LogP contribution in [-0.4, -0.2) is 0 Å². The summed E-state index contributed by atoms with van der Waals surface area (Å²) in [6, 6.07) is 18.5. The predicted octanol–water partition coefficient (Wildman–Crippen LogP) is 13.6. The van der Waals surface area contributed by atoms with E-state index in [1.165, 1.54) is 164 Å². The van der Waals surface area contributed by atoms with Crippen molar-refractivity contribution in [1.82, 2.24) is 0 Å². The minimum Gasteiger partial charge on any atom is -0.171 e. The number of benzene rings is 2.